The Morgan fingerprint density at radius 1 is 1.11 bits per heavy atom. The van der Waals surface area contributed by atoms with E-state index in [-0.39, 0.29) is 0 Å². The van der Waals surface area contributed by atoms with Crippen LogP contribution in [0.25, 0.3) is 0 Å². The summed E-state index contributed by atoms with van der Waals surface area (Å²) in [5.41, 5.74) is 0. The van der Waals surface area contributed by atoms with Gasteiger partial charge in [0.15, 0.2) is 0 Å². The number of hydrogen-bond acceptors (Lipinski definition) is 3. The van der Waals surface area contributed by atoms with Gasteiger partial charge in [-0.25, -0.2) is 8.42 Å². The van der Waals surface area contributed by atoms with E-state index >= 15 is 0 Å². The Balaban J connectivity index is 1.85. The summed E-state index contributed by atoms with van der Waals surface area (Å²) >= 11 is 0. The van der Waals surface area contributed by atoms with Crippen LogP contribution in [-0.4, -0.2) is 55.6 Å². The molecular formula is C14H28N2O2S. The van der Waals surface area contributed by atoms with Crippen molar-refractivity contribution < 1.29 is 8.42 Å². The Hall–Kier alpha value is -0.130. The minimum Gasteiger partial charge on any atom is -0.298 e. The molecule has 112 valence electrons. The van der Waals surface area contributed by atoms with Crippen molar-refractivity contribution in [1.29, 1.82) is 0 Å². The molecule has 0 aromatic carbocycles. The van der Waals surface area contributed by atoms with E-state index in [4.69, 9.17) is 0 Å². The number of rotatable bonds is 4. The van der Waals surface area contributed by atoms with Gasteiger partial charge in [-0.15, -0.1) is 0 Å². The lowest BCUT2D eigenvalue weighted by molar-refractivity contribution is 0.0967. The summed E-state index contributed by atoms with van der Waals surface area (Å²) in [6, 6.07) is 0.694. The average Bonchev–Trinajstić information content (AvgIpc) is 2.39. The summed E-state index contributed by atoms with van der Waals surface area (Å²) < 4.78 is 25.7. The molecule has 2 atom stereocenters. The molecule has 19 heavy (non-hydrogen) atoms. The van der Waals surface area contributed by atoms with E-state index in [1.807, 2.05) is 6.92 Å². The lowest BCUT2D eigenvalue weighted by atomic mass is 9.86. The maximum absolute atomic E-state index is 12.0. The van der Waals surface area contributed by atoms with Crippen LogP contribution in [0.15, 0.2) is 0 Å². The number of nitrogens with zero attached hydrogens (tertiary/aromatic N) is 2. The van der Waals surface area contributed by atoms with Gasteiger partial charge in [0.1, 0.15) is 0 Å². The smallest absolute Gasteiger partial charge is 0.214 e. The average molecular weight is 288 g/mol. The molecule has 2 rings (SSSR count). The van der Waals surface area contributed by atoms with Gasteiger partial charge in [-0.3, -0.25) is 4.90 Å². The van der Waals surface area contributed by atoms with Gasteiger partial charge < -0.3 is 0 Å². The van der Waals surface area contributed by atoms with E-state index in [1.165, 1.54) is 25.7 Å². The van der Waals surface area contributed by atoms with Crippen molar-refractivity contribution in [3.05, 3.63) is 0 Å². The zero-order chi connectivity index (χ0) is 13.9. The number of sulfonamides is 1. The van der Waals surface area contributed by atoms with Gasteiger partial charge in [-0.2, -0.15) is 4.31 Å². The number of piperazine rings is 1. The van der Waals surface area contributed by atoms with Crippen molar-refractivity contribution in [3.63, 3.8) is 0 Å². The predicted molar refractivity (Wildman–Crippen MR) is 78.6 cm³/mol. The van der Waals surface area contributed by atoms with Crippen LogP contribution in [-0.2, 0) is 10.0 Å². The van der Waals surface area contributed by atoms with Gasteiger partial charge in [0.05, 0.1) is 5.75 Å². The van der Waals surface area contributed by atoms with Crippen LogP contribution < -0.4 is 0 Å². The van der Waals surface area contributed by atoms with Crippen LogP contribution in [0, 0.1) is 5.92 Å². The molecule has 5 heteroatoms. The summed E-state index contributed by atoms with van der Waals surface area (Å²) in [7, 11) is -2.99. The molecule has 1 aliphatic carbocycles. The molecule has 0 N–H and O–H groups in total. The molecule has 1 heterocycles. The molecule has 0 radical (unpaired) electrons. The summed E-state index contributed by atoms with van der Waals surface area (Å²) in [5.74, 6) is 1.13. The van der Waals surface area contributed by atoms with Crippen LogP contribution >= 0.6 is 0 Å². The second-order valence-electron chi connectivity index (χ2n) is 6.18. The predicted octanol–water partition coefficient (Wildman–Crippen LogP) is 1.92. The first-order valence-corrected chi connectivity index (χ1v) is 9.35. The highest BCUT2D eigenvalue weighted by Gasteiger charge is 2.31. The highest BCUT2D eigenvalue weighted by Crippen LogP contribution is 2.28. The van der Waals surface area contributed by atoms with Gasteiger partial charge in [0.25, 0.3) is 0 Å². The van der Waals surface area contributed by atoms with Crippen LogP contribution in [0.2, 0.25) is 0 Å². The van der Waals surface area contributed by atoms with Crippen molar-refractivity contribution in [2.24, 2.45) is 5.92 Å². The molecule has 0 bridgehead atoms. The van der Waals surface area contributed by atoms with E-state index in [9.17, 15) is 8.42 Å². The van der Waals surface area contributed by atoms with Crippen molar-refractivity contribution in [2.75, 3.05) is 31.9 Å². The molecule has 2 fully saturated rings. The summed E-state index contributed by atoms with van der Waals surface area (Å²) in [4.78, 5) is 2.52. The maximum atomic E-state index is 12.0. The molecule has 0 amide bonds. The van der Waals surface area contributed by atoms with E-state index in [2.05, 4.69) is 11.8 Å². The molecule has 0 aromatic heterocycles. The number of hydrogen-bond donors (Lipinski definition) is 0. The Bertz CT molecular complexity index is 375. The van der Waals surface area contributed by atoms with Crippen LogP contribution in [0.3, 0.4) is 0 Å². The van der Waals surface area contributed by atoms with Gasteiger partial charge in [0, 0.05) is 32.2 Å². The molecule has 1 saturated carbocycles. The lowest BCUT2D eigenvalue weighted by Gasteiger charge is -2.41. The van der Waals surface area contributed by atoms with Gasteiger partial charge in [-0.05, 0) is 25.2 Å². The van der Waals surface area contributed by atoms with Crippen LogP contribution in [0.1, 0.15) is 46.0 Å². The first-order chi connectivity index (χ1) is 9.03. The Morgan fingerprint density at radius 3 is 2.37 bits per heavy atom. The van der Waals surface area contributed by atoms with Crippen molar-refractivity contribution in [1.82, 2.24) is 9.21 Å². The molecular weight excluding hydrogens is 260 g/mol. The zero-order valence-electron chi connectivity index (χ0n) is 12.3. The fourth-order valence-corrected chi connectivity index (χ4v) is 4.96. The normalized spacial score (nSPS) is 31.5. The Kier molecular flexibility index (Phi) is 5.26. The topological polar surface area (TPSA) is 40.6 Å². The minimum absolute atomic E-state index is 0.299. The fourth-order valence-electron chi connectivity index (χ4n) is 3.47. The highest BCUT2D eigenvalue weighted by atomic mass is 32.2. The summed E-state index contributed by atoms with van der Waals surface area (Å²) in [6.07, 6.45) is 6.00. The van der Waals surface area contributed by atoms with E-state index in [1.54, 1.807) is 4.31 Å². The van der Waals surface area contributed by atoms with Gasteiger partial charge in [0.2, 0.25) is 10.0 Å². The molecule has 4 nitrogen and oxygen atoms in total. The molecule has 1 saturated heterocycles. The highest BCUT2D eigenvalue weighted by molar-refractivity contribution is 7.89. The van der Waals surface area contributed by atoms with E-state index < -0.39 is 10.0 Å². The quantitative estimate of drug-likeness (QED) is 0.793. The molecule has 1 aliphatic heterocycles. The monoisotopic (exact) mass is 288 g/mol. The lowest BCUT2D eigenvalue weighted by Crippen LogP contribution is -2.53. The summed E-state index contributed by atoms with van der Waals surface area (Å²) in [6.45, 7) is 7.48. The standard InChI is InChI=1S/C14H28N2O2S/c1-3-11-19(17,18)16-9-7-15(8-10-16)14-6-4-5-13(2)12-14/h13-14H,3-12H2,1-2H3/t13-,14-/m1/s1. The first-order valence-electron chi connectivity index (χ1n) is 7.75. The SMILES string of the molecule is CCCS(=O)(=O)N1CCN([C@@H]2CCC[C@@H](C)C2)CC1. The molecule has 0 unspecified atom stereocenters. The third-order valence-electron chi connectivity index (χ3n) is 4.55. The van der Waals surface area contributed by atoms with Crippen LogP contribution in [0.5, 0.6) is 0 Å². The second kappa shape index (κ2) is 6.55. The zero-order valence-corrected chi connectivity index (χ0v) is 13.2. The molecule has 0 spiro atoms. The third kappa shape index (κ3) is 3.92. The summed E-state index contributed by atoms with van der Waals surface area (Å²) in [5, 5.41) is 0. The van der Waals surface area contributed by atoms with Crippen molar-refractivity contribution in [3.8, 4) is 0 Å². The van der Waals surface area contributed by atoms with Gasteiger partial charge >= 0.3 is 0 Å². The van der Waals surface area contributed by atoms with E-state index in [0.29, 0.717) is 31.3 Å². The first kappa shape index (κ1) is 15.3. The van der Waals surface area contributed by atoms with Crippen LogP contribution in [0.4, 0.5) is 0 Å². The molecule has 2 aliphatic rings. The third-order valence-corrected chi connectivity index (χ3v) is 6.63. The van der Waals surface area contributed by atoms with Crippen molar-refractivity contribution >= 4 is 10.0 Å². The van der Waals surface area contributed by atoms with E-state index in [0.717, 1.165) is 19.0 Å². The Morgan fingerprint density at radius 2 is 1.79 bits per heavy atom. The largest absolute Gasteiger partial charge is 0.298 e. The Labute approximate surface area is 118 Å². The molecule has 0 aromatic rings. The second-order valence-corrected chi connectivity index (χ2v) is 8.27. The fraction of sp³-hybridized carbons (Fsp3) is 1.00. The van der Waals surface area contributed by atoms with Crippen molar-refractivity contribution in [2.45, 2.75) is 52.0 Å². The van der Waals surface area contributed by atoms with Gasteiger partial charge in [-0.1, -0.05) is 26.7 Å². The maximum Gasteiger partial charge on any atom is 0.214 e. The minimum atomic E-state index is -2.99.